The van der Waals surface area contributed by atoms with Crippen molar-refractivity contribution in [2.75, 3.05) is 18.0 Å². The maximum absolute atomic E-state index is 13.6. The molecule has 1 amide bonds. The second-order valence-corrected chi connectivity index (χ2v) is 7.27. The molecule has 0 saturated carbocycles. The number of benzene rings is 1. The molecule has 3 rings (SSSR count). The summed E-state index contributed by atoms with van der Waals surface area (Å²) in [5.41, 5.74) is 3.33. The monoisotopic (exact) mass is 385 g/mol. The quantitative estimate of drug-likeness (QED) is 0.828. The maximum Gasteiger partial charge on any atom is 0.245 e. The van der Waals surface area contributed by atoms with Gasteiger partial charge in [-0.05, 0) is 49.8 Å². The van der Waals surface area contributed by atoms with Crippen LogP contribution in [0, 0.1) is 18.7 Å². The van der Waals surface area contributed by atoms with Gasteiger partial charge in [0.15, 0.2) is 0 Å². The summed E-state index contributed by atoms with van der Waals surface area (Å²) < 4.78 is 13.6. The summed E-state index contributed by atoms with van der Waals surface area (Å²) in [6.07, 6.45) is 3.16. The molecule has 1 aliphatic rings. The second kappa shape index (κ2) is 9.08. The number of aromatic nitrogens is 3. The number of carbonyl (C=O) groups is 1. The van der Waals surface area contributed by atoms with Crippen LogP contribution in [0.25, 0.3) is 0 Å². The van der Waals surface area contributed by atoms with Crippen molar-refractivity contribution in [2.24, 2.45) is 5.92 Å². The molecule has 1 fully saturated rings. The Morgan fingerprint density at radius 2 is 1.89 bits per heavy atom. The highest BCUT2D eigenvalue weighted by Gasteiger charge is 2.26. The summed E-state index contributed by atoms with van der Waals surface area (Å²) in [5.74, 6) is 0.396. The van der Waals surface area contributed by atoms with Crippen molar-refractivity contribution in [3.8, 4) is 0 Å². The molecule has 150 valence electrons. The molecule has 28 heavy (non-hydrogen) atoms. The fourth-order valence-corrected chi connectivity index (χ4v) is 3.48. The lowest BCUT2D eigenvalue weighted by Crippen LogP contribution is -2.41. The van der Waals surface area contributed by atoms with Gasteiger partial charge in [0.1, 0.15) is 5.82 Å². The molecule has 0 unspecified atom stereocenters. The van der Waals surface area contributed by atoms with Gasteiger partial charge in [0.2, 0.25) is 11.9 Å². The molecule has 6 nitrogen and oxygen atoms in total. The minimum Gasteiger partial charge on any atom is -0.352 e. The molecule has 2 aromatic rings. The molecule has 2 heterocycles. The Balaban J connectivity index is 1.53. The largest absolute Gasteiger partial charge is 0.352 e. The molecule has 0 aliphatic carbocycles. The van der Waals surface area contributed by atoms with E-state index in [2.05, 4.69) is 39.2 Å². The summed E-state index contributed by atoms with van der Waals surface area (Å²) in [7, 11) is 0. The van der Waals surface area contributed by atoms with Crippen molar-refractivity contribution in [1.29, 1.82) is 0 Å². The second-order valence-electron chi connectivity index (χ2n) is 7.27. The predicted octanol–water partition coefficient (Wildman–Crippen LogP) is 2.98. The third-order valence-electron chi connectivity index (χ3n) is 5.35. The zero-order valence-electron chi connectivity index (χ0n) is 16.8. The summed E-state index contributed by atoms with van der Waals surface area (Å²) >= 11 is 0. The van der Waals surface area contributed by atoms with Crippen molar-refractivity contribution in [3.63, 3.8) is 0 Å². The fraction of sp³-hybridized carbons (Fsp3) is 0.524. The average Bonchev–Trinajstić information content (AvgIpc) is 2.74. The molecular weight excluding hydrogens is 357 g/mol. The van der Waals surface area contributed by atoms with Crippen molar-refractivity contribution < 1.29 is 9.18 Å². The standard InChI is InChI=1S/C21H28FN5O/c1-4-18-19(5-2)25-26-21(24-18)27-10-8-16(9-11-27)20(28)23-13-15-7-6-14(3)17(22)12-15/h6-7,12,16H,4-5,8-11,13H2,1-3H3,(H,23,28). The zero-order chi connectivity index (χ0) is 20.1. The van der Waals surface area contributed by atoms with E-state index in [1.165, 1.54) is 6.07 Å². The number of nitrogens with one attached hydrogen (secondary N) is 1. The topological polar surface area (TPSA) is 71.0 Å². The molecule has 1 aromatic heterocycles. The van der Waals surface area contributed by atoms with Crippen LogP contribution in [0.3, 0.4) is 0 Å². The first-order chi connectivity index (χ1) is 13.5. The Bertz CT molecular complexity index is 834. The fourth-order valence-electron chi connectivity index (χ4n) is 3.48. The number of amides is 1. The molecule has 0 radical (unpaired) electrons. The van der Waals surface area contributed by atoms with Crippen LogP contribution in [-0.2, 0) is 24.2 Å². The molecular formula is C21H28FN5O. The van der Waals surface area contributed by atoms with E-state index in [1.54, 1.807) is 13.0 Å². The Hall–Kier alpha value is -2.57. The maximum atomic E-state index is 13.6. The van der Waals surface area contributed by atoms with E-state index in [1.807, 2.05) is 6.07 Å². The van der Waals surface area contributed by atoms with E-state index in [0.29, 0.717) is 18.1 Å². The van der Waals surface area contributed by atoms with Gasteiger partial charge in [0.05, 0.1) is 11.4 Å². The van der Waals surface area contributed by atoms with Crippen LogP contribution in [0.4, 0.5) is 10.3 Å². The number of carbonyl (C=O) groups excluding carboxylic acids is 1. The van der Waals surface area contributed by atoms with Crippen molar-refractivity contribution in [2.45, 2.75) is 53.0 Å². The third-order valence-corrected chi connectivity index (χ3v) is 5.35. The van der Waals surface area contributed by atoms with Gasteiger partial charge in [-0.15, -0.1) is 5.10 Å². The van der Waals surface area contributed by atoms with Crippen LogP contribution in [0.2, 0.25) is 0 Å². The SMILES string of the molecule is CCc1nnc(N2CCC(C(=O)NCc3ccc(C)c(F)c3)CC2)nc1CC. The Kier molecular flexibility index (Phi) is 6.54. The number of hydrogen-bond donors (Lipinski definition) is 1. The van der Waals surface area contributed by atoms with Crippen LogP contribution in [0.1, 0.15) is 49.2 Å². The van der Waals surface area contributed by atoms with E-state index < -0.39 is 0 Å². The van der Waals surface area contributed by atoms with Gasteiger partial charge in [-0.2, -0.15) is 5.10 Å². The molecule has 1 saturated heterocycles. The molecule has 0 bridgehead atoms. The van der Waals surface area contributed by atoms with Crippen molar-refractivity contribution >= 4 is 11.9 Å². The van der Waals surface area contributed by atoms with Gasteiger partial charge >= 0.3 is 0 Å². The van der Waals surface area contributed by atoms with Gasteiger partial charge in [-0.1, -0.05) is 26.0 Å². The third kappa shape index (κ3) is 4.64. The Morgan fingerprint density at radius 3 is 2.54 bits per heavy atom. The van der Waals surface area contributed by atoms with E-state index in [-0.39, 0.29) is 17.6 Å². The first-order valence-electron chi connectivity index (χ1n) is 10.0. The van der Waals surface area contributed by atoms with E-state index in [0.717, 1.165) is 55.7 Å². The van der Waals surface area contributed by atoms with E-state index in [9.17, 15) is 9.18 Å². The highest BCUT2D eigenvalue weighted by Crippen LogP contribution is 2.21. The average molecular weight is 385 g/mol. The molecule has 0 atom stereocenters. The first kappa shape index (κ1) is 20.2. The summed E-state index contributed by atoms with van der Waals surface area (Å²) in [4.78, 5) is 19.2. The van der Waals surface area contributed by atoms with Crippen LogP contribution in [-0.4, -0.2) is 34.2 Å². The van der Waals surface area contributed by atoms with Gasteiger partial charge in [-0.3, -0.25) is 4.79 Å². The number of aryl methyl sites for hydroxylation is 3. The molecule has 1 aliphatic heterocycles. The lowest BCUT2D eigenvalue weighted by Gasteiger charge is -2.31. The van der Waals surface area contributed by atoms with Gasteiger partial charge < -0.3 is 10.2 Å². The van der Waals surface area contributed by atoms with Gasteiger partial charge in [-0.25, -0.2) is 9.37 Å². The predicted molar refractivity (Wildman–Crippen MR) is 107 cm³/mol. The van der Waals surface area contributed by atoms with Crippen LogP contribution in [0.15, 0.2) is 18.2 Å². The van der Waals surface area contributed by atoms with Crippen LogP contribution in [0.5, 0.6) is 0 Å². The smallest absolute Gasteiger partial charge is 0.245 e. The number of halogens is 1. The number of anilines is 1. The Labute approximate surface area is 165 Å². The summed E-state index contributed by atoms with van der Waals surface area (Å²) in [5, 5.41) is 11.5. The van der Waals surface area contributed by atoms with Gasteiger partial charge in [0.25, 0.3) is 0 Å². The highest BCUT2D eigenvalue weighted by atomic mass is 19.1. The number of piperidine rings is 1. The highest BCUT2D eigenvalue weighted by molar-refractivity contribution is 5.78. The summed E-state index contributed by atoms with van der Waals surface area (Å²) in [6.45, 7) is 7.66. The number of hydrogen-bond acceptors (Lipinski definition) is 5. The van der Waals surface area contributed by atoms with Crippen molar-refractivity contribution in [3.05, 3.63) is 46.5 Å². The molecule has 7 heteroatoms. The zero-order valence-corrected chi connectivity index (χ0v) is 16.8. The molecule has 0 spiro atoms. The summed E-state index contributed by atoms with van der Waals surface area (Å²) in [6, 6.07) is 5.06. The van der Waals surface area contributed by atoms with Gasteiger partial charge in [0, 0.05) is 25.6 Å². The van der Waals surface area contributed by atoms with Crippen LogP contribution >= 0.6 is 0 Å². The first-order valence-corrected chi connectivity index (χ1v) is 10.0. The number of nitrogens with zero attached hydrogens (tertiary/aromatic N) is 4. The molecule has 1 aromatic carbocycles. The lowest BCUT2D eigenvalue weighted by atomic mass is 9.96. The van der Waals surface area contributed by atoms with E-state index in [4.69, 9.17) is 0 Å². The normalized spacial score (nSPS) is 14.9. The van der Waals surface area contributed by atoms with Crippen LogP contribution < -0.4 is 10.2 Å². The number of rotatable bonds is 6. The minimum atomic E-state index is -0.241. The molecule has 1 N–H and O–H groups in total. The Morgan fingerprint density at radius 1 is 1.18 bits per heavy atom. The minimum absolute atomic E-state index is 0.0234. The van der Waals surface area contributed by atoms with Crippen molar-refractivity contribution in [1.82, 2.24) is 20.5 Å². The lowest BCUT2D eigenvalue weighted by molar-refractivity contribution is -0.125. The van der Waals surface area contributed by atoms with E-state index >= 15 is 0 Å².